The molecule has 10 nitrogen and oxygen atoms in total. The Balaban J connectivity index is 1.66. The van der Waals surface area contributed by atoms with Gasteiger partial charge in [0.1, 0.15) is 0 Å². The van der Waals surface area contributed by atoms with E-state index in [2.05, 4.69) is 28.9 Å². The van der Waals surface area contributed by atoms with Gasteiger partial charge in [0.2, 0.25) is 21.8 Å². The average Bonchev–Trinajstić information content (AvgIpc) is 3.15. The smallest absolute Gasteiger partial charge is 0.270 e. The van der Waals surface area contributed by atoms with Crippen LogP contribution >= 0.6 is 0 Å². The van der Waals surface area contributed by atoms with Gasteiger partial charge in [-0.1, -0.05) is 19.9 Å². The van der Waals surface area contributed by atoms with E-state index in [-0.39, 0.29) is 29.7 Å². The molecule has 29 heavy (non-hydrogen) atoms. The Hall–Kier alpha value is -2.37. The van der Waals surface area contributed by atoms with E-state index in [0.29, 0.717) is 30.8 Å². The first kappa shape index (κ1) is 21.3. The number of rotatable bonds is 7. The van der Waals surface area contributed by atoms with Crippen LogP contribution in [0, 0.1) is 16.0 Å². The van der Waals surface area contributed by atoms with Crippen molar-refractivity contribution < 1.29 is 17.8 Å². The largest absolute Gasteiger partial charge is 0.424 e. The predicted molar refractivity (Wildman–Crippen MR) is 105 cm³/mol. The van der Waals surface area contributed by atoms with Gasteiger partial charge in [0.15, 0.2) is 0 Å². The number of nitro benzene ring substituents is 1. The lowest BCUT2D eigenvalue weighted by molar-refractivity contribution is -0.385. The van der Waals surface area contributed by atoms with Gasteiger partial charge in [-0.05, 0) is 18.9 Å². The monoisotopic (exact) mass is 423 g/mol. The number of benzene rings is 1. The Morgan fingerprint density at radius 3 is 2.48 bits per heavy atom. The molecule has 0 N–H and O–H groups in total. The number of hydrogen-bond acceptors (Lipinski definition) is 8. The summed E-state index contributed by atoms with van der Waals surface area (Å²) < 4.78 is 32.8. The number of nitrogens with zero attached hydrogens (tertiary/aromatic N) is 5. The fourth-order valence-electron chi connectivity index (χ4n) is 3.26. The van der Waals surface area contributed by atoms with E-state index in [4.69, 9.17) is 4.42 Å². The standard InChI is InChI=1S/C18H25N5O5S/c1-13(2)11-17-19-20-18(28-17)14(3)21-7-9-22(10-8-21)29(26,27)16-6-4-5-15(12-16)23(24)25/h4-6,12-14H,7-11H2,1-3H3. The number of hydrogen-bond donors (Lipinski definition) is 0. The Labute approximate surface area is 169 Å². The lowest BCUT2D eigenvalue weighted by Crippen LogP contribution is -2.49. The van der Waals surface area contributed by atoms with Crippen LogP contribution in [0.25, 0.3) is 0 Å². The third-order valence-electron chi connectivity index (χ3n) is 4.91. The normalized spacial score (nSPS) is 17.5. The first-order valence-corrected chi connectivity index (χ1v) is 10.9. The van der Waals surface area contributed by atoms with Crippen molar-refractivity contribution in [2.24, 2.45) is 5.92 Å². The van der Waals surface area contributed by atoms with Crippen LogP contribution in [0.3, 0.4) is 0 Å². The molecule has 11 heteroatoms. The van der Waals surface area contributed by atoms with Gasteiger partial charge in [-0.3, -0.25) is 15.0 Å². The van der Waals surface area contributed by atoms with Gasteiger partial charge in [0.05, 0.1) is 15.9 Å². The quantitative estimate of drug-likeness (QED) is 0.491. The summed E-state index contributed by atoms with van der Waals surface area (Å²) >= 11 is 0. The molecule has 0 radical (unpaired) electrons. The van der Waals surface area contributed by atoms with Crippen LogP contribution in [-0.4, -0.2) is 58.9 Å². The molecule has 1 aliphatic heterocycles. The van der Waals surface area contributed by atoms with Crippen molar-refractivity contribution in [1.29, 1.82) is 0 Å². The number of aromatic nitrogens is 2. The van der Waals surface area contributed by atoms with E-state index in [9.17, 15) is 18.5 Å². The zero-order valence-corrected chi connectivity index (χ0v) is 17.5. The maximum absolute atomic E-state index is 12.9. The van der Waals surface area contributed by atoms with Crippen molar-refractivity contribution in [2.75, 3.05) is 26.2 Å². The summed E-state index contributed by atoms with van der Waals surface area (Å²) in [6.45, 7) is 7.67. The van der Waals surface area contributed by atoms with Gasteiger partial charge in [0, 0.05) is 44.7 Å². The highest BCUT2D eigenvalue weighted by molar-refractivity contribution is 7.89. The first-order valence-electron chi connectivity index (χ1n) is 9.49. The molecular weight excluding hydrogens is 398 g/mol. The maximum atomic E-state index is 12.9. The summed E-state index contributed by atoms with van der Waals surface area (Å²) in [5, 5.41) is 19.2. The zero-order chi connectivity index (χ0) is 21.2. The minimum Gasteiger partial charge on any atom is -0.424 e. The summed E-state index contributed by atoms with van der Waals surface area (Å²) in [4.78, 5) is 12.4. The van der Waals surface area contributed by atoms with Gasteiger partial charge in [-0.25, -0.2) is 8.42 Å². The third kappa shape index (κ3) is 4.80. The number of piperazine rings is 1. The molecule has 1 aliphatic rings. The Kier molecular flexibility index (Phi) is 6.30. The molecule has 1 atom stereocenters. The average molecular weight is 423 g/mol. The molecule has 1 aromatic heterocycles. The molecule has 1 fully saturated rings. The molecule has 0 saturated carbocycles. The lowest BCUT2D eigenvalue weighted by atomic mass is 10.1. The molecular formula is C18H25N5O5S. The van der Waals surface area contributed by atoms with E-state index in [1.54, 1.807) is 0 Å². The molecule has 1 saturated heterocycles. The topological polar surface area (TPSA) is 123 Å². The number of sulfonamides is 1. The molecule has 0 aliphatic carbocycles. The van der Waals surface area contributed by atoms with E-state index in [1.165, 1.54) is 22.5 Å². The zero-order valence-electron chi connectivity index (χ0n) is 16.7. The molecule has 2 heterocycles. The van der Waals surface area contributed by atoms with Crippen molar-refractivity contribution in [2.45, 2.75) is 38.1 Å². The van der Waals surface area contributed by atoms with E-state index >= 15 is 0 Å². The lowest BCUT2D eigenvalue weighted by Gasteiger charge is -2.36. The molecule has 1 aromatic carbocycles. The second kappa shape index (κ2) is 8.56. The Morgan fingerprint density at radius 2 is 1.86 bits per heavy atom. The molecule has 158 valence electrons. The van der Waals surface area contributed by atoms with E-state index in [0.717, 1.165) is 12.5 Å². The van der Waals surface area contributed by atoms with Crippen LogP contribution in [0.2, 0.25) is 0 Å². The highest BCUT2D eigenvalue weighted by Crippen LogP contribution is 2.25. The van der Waals surface area contributed by atoms with Gasteiger partial charge < -0.3 is 4.42 Å². The van der Waals surface area contributed by atoms with Crippen molar-refractivity contribution in [3.8, 4) is 0 Å². The van der Waals surface area contributed by atoms with Crippen molar-refractivity contribution in [3.05, 3.63) is 46.2 Å². The van der Waals surface area contributed by atoms with Crippen molar-refractivity contribution in [3.63, 3.8) is 0 Å². The Bertz CT molecular complexity index is 967. The second-order valence-electron chi connectivity index (χ2n) is 7.50. The van der Waals surface area contributed by atoms with Gasteiger partial charge in [-0.2, -0.15) is 4.31 Å². The van der Waals surface area contributed by atoms with Gasteiger partial charge >= 0.3 is 0 Å². The van der Waals surface area contributed by atoms with Crippen molar-refractivity contribution >= 4 is 15.7 Å². The van der Waals surface area contributed by atoms with E-state index in [1.807, 2.05) is 6.92 Å². The summed E-state index contributed by atoms with van der Waals surface area (Å²) in [7, 11) is -3.79. The van der Waals surface area contributed by atoms with Gasteiger partial charge in [-0.15, -0.1) is 10.2 Å². The fraction of sp³-hybridized carbons (Fsp3) is 0.556. The summed E-state index contributed by atoms with van der Waals surface area (Å²) in [5.41, 5.74) is -0.244. The highest BCUT2D eigenvalue weighted by atomic mass is 32.2. The Morgan fingerprint density at radius 1 is 1.17 bits per heavy atom. The first-order chi connectivity index (χ1) is 13.7. The molecule has 1 unspecified atom stereocenters. The predicted octanol–water partition coefficient (Wildman–Crippen LogP) is 2.24. The van der Waals surface area contributed by atoms with E-state index < -0.39 is 14.9 Å². The fourth-order valence-corrected chi connectivity index (χ4v) is 4.72. The van der Waals surface area contributed by atoms with Crippen LogP contribution in [0.5, 0.6) is 0 Å². The highest BCUT2D eigenvalue weighted by Gasteiger charge is 2.32. The molecule has 0 bridgehead atoms. The summed E-state index contributed by atoms with van der Waals surface area (Å²) in [5.74, 6) is 1.55. The molecule has 0 amide bonds. The minimum absolute atomic E-state index is 0.0663. The number of non-ortho nitro benzene ring substituents is 1. The number of nitro groups is 1. The van der Waals surface area contributed by atoms with Gasteiger partial charge in [0.25, 0.3) is 5.69 Å². The van der Waals surface area contributed by atoms with Crippen LogP contribution in [-0.2, 0) is 16.4 Å². The SMILES string of the molecule is CC(C)Cc1nnc(C(C)N2CCN(S(=O)(=O)c3cccc([N+](=O)[O-])c3)CC2)o1. The molecule has 0 spiro atoms. The van der Waals surface area contributed by atoms with Crippen LogP contribution in [0.15, 0.2) is 33.6 Å². The molecule has 3 rings (SSSR count). The van der Waals surface area contributed by atoms with Crippen LogP contribution < -0.4 is 0 Å². The van der Waals surface area contributed by atoms with Crippen LogP contribution in [0.1, 0.15) is 38.6 Å². The van der Waals surface area contributed by atoms with Crippen molar-refractivity contribution in [1.82, 2.24) is 19.4 Å². The maximum Gasteiger partial charge on any atom is 0.270 e. The minimum atomic E-state index is -3.79. The van der Waals surface area contributed by atoms with Crippen LogP contribution in [0.4, 0.5) is 5.69 Å². The second-order valence-corrected chi connectivity index (χ2v) is 9.44. The molecule has 2 aromatic rings. The third-order valence-corrected chi connectivity index (χ3v) is 6.80. The summed E-state index contributed by atoms with van der Waals surface area (Å²) in [6, 6.07) is 5.01. The summed E-state index contributed by atoms with van der Waals surface area (Å²) in [6.07, 6.45) is 0.717.